The van der Waals surface area contributed by atoms with Gasteiger partial charge in [0.15, 0.2) is 0 Å². The highest BCUT2D eigenvalue weighted by atomic mass is 14.9. The Balaban J connectivity index is 0.00000106. The van der Waals surface area contributed by atoms with E-state index in [0.717, 1.165) is 16.8 Å². The second-order valence-electron chi connectivity index (χ2n) is 4.13. The quantitative estimate of drug-likeness (QED) is 0.908. The fourth-order valence-corrected chi connectivity index (χ4v) is 1.91. The summed E-state index contributed by atoms with van der Waals surface area (Å²) in [5.74, 6) is 0. The van der Waals surface area contributed by atoms with Crippen molar-refractivity contribution in [1.29, 1.82) is 10.5 Å². The maximum atomic E-state index is 9.22. The number of anilines is 1. The zero-order chi connectivity index (χ0) is 15.5. The molecule has 0 spiro atoms. The minimum atomic E-state index is 0.254. The molecule has 3 heteroatoms. The van der Waals surface area contributed by atoms with Crippen molar-refractivity contribution in [2.45, 2.75) is 26.8 Å². The van der Waals surface area contributed by atoms with Gasteiger partial charge in [0, 0.05) is 6.54 Å². The molecular formula is C18H19N3. The highest BCUT2D eigenvalue weighted by Crippen LogP contribution is 2.20. The third-order valence-electron chi connectivity index (χ3n) is 2.86. The molecule has 2 aromatic rings. The molecule has 0 heterocycles. The number of rotatable bonds is 4. The van der Waals surface area contributed by atoms with Crippen LogP contribution in [0.4, 0.5) is 5.69 Å². The van der Waals surface area contributed by atoms with Gasteiger partial charge in [0.1, 0.15) is 6.07 Å². The van der Waals surface area contributed by atoms with Crippen LogP contribution in [-0.4, -0.2) is 0 Å². The van der Waals surface area contributed by atoms with Gasteiger partial charge in [-0.15, -0.1) is 0 Å². The predicted molar refractivity (Wildman–Crippen MR) is 85.6 cm³/mol. The van der Waals surface area contributed by atoms with Crippen molar-refractivity contribution < 1.29 is 0 Å². The highest BCUT2D eigenvalue weighted by molar-refractivity contribution is 5.61. The van der Waals surface area contributed by atoms with E-state index in [4.69, 9.17) is 5.26 Å². The van der Waals surface area contributed by atoms with Gasteiger partial charge in [0.2, 0.25) is 0 Å². The first-order valence-corrected chi connectivity index (χ1v) is 7.02. The molecule has 0 aliphatic rings. The zero-order valence-electron chi connectivity index (χ0n) is 12.4. The molecule has 0 atom stereocenters. The lowest BCUT2D eigenvalue weighted by Gasteiger charge is -2.10. The van der Waals surface area contributed by atoms with Gasteiger partial charge in [0.05, 0.1) is 23.7 Å². The summed E-state index contributed by atoms with van der Waals surface area (Å²) >= 11 is 0. The summed E-state index contributed by atoms with van der Waals surface area (Å²) < 4.78 is 0. The van der Waals surface area contributed by atoms with E-state index in [2.05, 4.69) is 17.5 Å². The van der Waals surface area contributed by atoms with Crippen LogP contribution in [0.1, 0.15) is 30.5 Å². The first kappa shape index (κ1) is 16.3. The van der Waals surface area contributed by atoms with E-state index < -0.39 is 0 Å². The molecular weight excluding hydrogens is 258 g/mol. The lowest BCUT2D eigenvalue weighted by atomic mass is 10.0. The first-order valence-electron chi connectivity index (χ1n) is 7.02. The van der Waals surface area contributed by atoms with Crippen molar-refractivity contribution in [3.63, 3.8) is 0 Å². The van der Waals surface area contributed by atoms with Gasteiger partial charge in [-0.05, 0) is 17.2 Å². The van der Waals surface area contributed by atoms with Crippen LogP contribution in [-0.2, 0) is 13.0 Å². The minimum absolute atomic E-state index is 0.254. The molecule has 2 aromatic carbocycles. The summed E-state index contributed by atoms with van der Waals surface area (Å²) in [4.78, 5) is 0. The van der Waals surface area contributed by atoms with Gasteiger partial charge in [-0.1, -0.05) is 56.3 Å². The maximum absolute atomic E-state index is 9.22. The molecule has 0 saturated heterocycles. The first-order chi connectivity index (χ1) is 10.3. The Bertz CT molecular complexity index is 634. The molecule has 0 fully saturated rings. The number of hydrogen-bond donors (Lipinski definition) is 1. The van der Waals surface area contributed by atoms with Gasteiger partial charge in [-0.25, -0.2) is 0 Å². The van der Waals surface area contributed by atoms with Crippen LogP contribution >= 0.6 is 0 Å². The van der Waals surface area contributed by atoms with Crippen molar-refractivity contribution in [2.24, 2.45) is 0 Å². The topological polar surface area (TPSA) is 59.6 Å². The van der Waals surface area contributed by atoms with E-state index in [9.17, 15) is 5.26 Å². The summed E-state index contributed by atoms with van der Waals surface area (Å²) in [5.41, 5.74) is 3.25. The maximum Gasteiger partial charge on any atom is 0.102 e. The molecule has 0 unspecified atom stereocenters. The Kier molecular flexibility index (Phi) is 7.11. The van der Waals surface area contributed by atoms with Crippen LogP contribution in [0.2, 0.25) is 0 Å². The van der Waals surface area contributed by atoms with Crippen molar-refractivity contribution >= 4 is 5.69 Å². The Morgan fingerprint density at radius 2 is 1.67 bits per heavy atom. The number of nitriles is 2. The van der Waals surface area contributed by atoms with Crippen LogP contribution < -0.4 is 5.32 Å². The zero-order valence-corrected chi connectivity index (χ0v) is 12.4. The molecule has 0 radical (unpaired) electrons. The monoisotopic (exact) mass is 277 g/mol. The summed E-state index contributed by atoms with van der Waals surface area (Å²) in [5, 5.41) is 21.2. The van der Waals surface area contributed by atoms with E-state index in [-0.39, 0.29) is 6.42 Å². The summed E-state index contributed by atoms with van der Waals surface area (Å²) in [6.45, 7) is 4.66. The smallest absolute Gasteiger partial charge is 0.102 e. The Labute approximate surface area is 126 Å². The van der Waals surface area contributed by atoms with Crippen molar-refractivity contribution in [2.75, 3.05) is 5.32 Å². The standard InChI is InChI=1S/C16H13N3.C2H6/c17-10-9-14-7-4-8-16(15(14)11-18)19-12-13-5-2-1-3-6-13;1-2/h1-8,19H,9,12H2;1-2H3. The SMILES string of the molecule is CC.N#CCc1cccc(NCc2ccccc2)c1C#N. The lowest BCUT2D eigenvalue weighted by molar-refractivity contribution is 1.14. The largest absolute Gasteiger partial charge is 0.380 e. The van der Waals surface area contributed by atoms with Gasteiger partial charge in [0.25, 0.3) is 0 Å². The molecule has 0 amide bonds. The molecule has 106 valence electrons. The Morgan fingerprint density at radius 1 is 0.952 bits per heavy atom. The summed E-state index contributed by atoms with van der Waals surface area (Å²) in [6.07, 6.45) is 0.254. The predicted octanol–water partition coefficient (Wildman–Crippen LogP) is 4.26. The molecule has 0 bridgehead atoms. The van der Waals surface area contributed by atoms with Crippen LogP contribution in [0.5, 0.6) is 0 Å². The summed E-state index contributed by atoms with van der Waals surface area (Å²) in [7, 11) is 0. The van der Waals surface area contributed by atoms with E-state index >= 15 is 0 Å². The van der Waals surface area contributed by atoms with Crippen molar-refractivity contribution in [3.8, 4) is 12.1 Å². The van der Waals surface area contributed by atoms with Crippen LogP contribution in [0.25, 0.3) is 0 Å². The van der Waals surface area contributed by atoms with Crippen molar-refractivity contribution in [3.05, 3.63) is 65.2 Å². The fourth-order valence-electron chi connectivity index (χ4n) is 1.91. The molecule has 1 N–H and O–H groups in total. The second kappa shape index (κ2) is 9.18. The van der Waals surface area contributed by atoms with Gasteiger partial charge in [-0.3, -0.25) is 0 Å². The lowest BCUT2D eigenvalue weighted by Crippen LogP contribution is -2.03. The molecule has 0 aromatic heterocycles. The van der Waals surface area contributed by atoms with Gasteiger partial charge >= 0.3 is 0 Å². The van der Waals surface area contributed by atoms with Crippen LogP contribution in [0.15, 0.2) is 48.5 Å². The fraction of sp³-hybridized carbons (Fsp3) is 0.222. The molecule has 2 rings (SSSR count). The minimum Gasteiger partial charge on any atom is -0.380 e. The van der Waals surface area contributed by atoms with E-state index in [1.54, 1.807) is 0 Å². The summed E-state index contributed by atoms with van der Waals surface area (Å²) in [6, 6.07) is 19.8. The Hall–Kier alpha value is -2.78. The van der Waals surface area contributed by atoms with E-state index in [1.165, 1.54) is 0 Å². The van der Waals surface area contributed by atoms with Crippen LogP contribution in [0, 0.1) is 22.7 Å². The normalized spacial score (nSPS) is 8.76. The number of benzene rings is 2. The number of nitrogens with zero attached hydrogens (tertiary/aromatic N) is 2. The van der Waals surface area contributed by atoms with Crippen molar-refractivity contribution in [1.82, 2.24) is 0 Å². The molecule has 0 aliphatic heterocycles. The van der Waals surface area contributed by atoms with E-state index in [0.29, 0.717) is 12.1 Å². The molecule has 21 heavy (non-hydrogen) atoms. The molecule has 3 nitrogen and oxygen atoms in total. The highest BCUT2D eigenvalue weighted by Gasteiger charge is 2.07. The van der Waals surface area contributed by atoms with E-state index in [1.807, 2.05) is 62.4 Å². The molecule has 0 saturated carbocycles. The van der Waals surface area contributed by atoms with Gasteiger partial charge < -0.3 is 5.32 Å². The third kappa shape index (κ3) is 4.67. The average Bonchev–Trinajstić information content (AvgIpc) is 2.56. The third-order valence-corrected chi connectivity index (χ3v) is 2.86. The number of hydrogen-bond acceptors (Lipinski definition) is 3. The Morgan fingerprint density at radius 3 is 2.29 bits per heavy atom. The second-order valence-corrected chi connectivity index (χ2v) is 4.13. The van der Waals surface area contributed by atoms with Gasteiger partial charge in [-0.2, -0.15) is 10.5 Å². The van der Waals surface area contributed by atoms with Crippen LogP contribution in [0.3, 0.4) is 0 Å². The number of nitrogens with one attached hydrogen (secondary N) is 1. The average molecular weight is 277 g/mol. The molecule has 0 aliphatic carbocycles.